The van der Waals surface area contributed by atoms with E-state index in [1.54, 1.807) is 25.3 Å². The van der Waals surface area contributed by atoms with Gasteiger partial charge in [0.1, 0.15) is 5.69 Å². The maximum atomic E-state index is 12.8. The van der Waals surface area contributed by atoms with Crippen LogP contribution in [0.25, 0.3) is 22.2 Å². The summed E-state index contributed by atoms with van der Waals surface area (Å²) in [6.45, 7) is 3.75. The molecule has 3 aromatic rings. The Morgan fingerprint density at radius 3 is 2.72 bits per heavy atom. The van der Waals surface area contributed by atoms with E-state index in [2.05, 4.69) is 32.5 Å². The van der Waals surface area contributed by atoms with Crippen LogP contribution < -0.4 is 10.6 Å². The summed E-state index contributed by atoms with van der Waals surface area (Å²) in [5, 5.41) is 7.88. The molecular formula is C25H27N5O2. The fourth-order valence-electron chi connectivity index (χ4n) is 3.88. The number of anilines is 1. The fourth-order valence-corrected chi connectivity index (χ4v) is 3.88. The van der Waals surface area contributed by atoms with E-state index in [-0.39, 0.29) is 17.9 Å². The molecule has 0 bridgehead atoms. The summed E-state index contributed by atoms with van der Waals surface area (Å²) in [5.41, 5.74) is 1.84. The van der Waals surface area contributed by atoms with Crippen LogP contribution in [0.3, 0.4) is 0 Å². The smallest absolute Gasteiger partial charge is 0.270 e. The lowest BCUT2D eigenvalue weighted by molar-refractivity contribution is -0.111. The number of allylic oxidation sites excluding steroid dienone is 1. The van der Waals surface area contributed by atoms with Gasteiger partial charge in [0.05, 0.1) is 0 Å². The van der Waals surface area contributed by atoms with Crippen molar-refractivity contribution in [1.82, 2.24) is 20.2 Å². The normalized spacial score (nSPS) is 15.2. The third kappa shape index (κ3) is 5.00. The van der Waals surface area contributed by atoms with Crippen molar-refractivity contribution in [3.8, 4) is 11.4 Å². The predicted molar refractivity (Wildman–Crippen MR) is 126 cm³/mol. The van der Waals surface area contributed by atoms with Gasteiger partial charge < -0.3 is 15.5 Å². The number of likely N-dealkylation sites (tertiary alicyclic amines) is 1. The second kappa shape index (κ2) is 9.70. The minimum Gasteiger partial charge on any atom is -0.348 e. The van der Waals surface area contributed by atoms with Crippen molar-refractivity contribution >= 4 is 28.3 Å². The Labute approximate surface area is 187 Å². The Morgan fingerprint density at radius 2 is 1.94 bits per heavy atom. The molecule has 0 unspecified atom stereocenters. The van der Waals surface area contributed by atoms with Crippen LogP contribution in [0.4, 0.5) is 5.69 Å². The van der Waals surface area contributed by atoms with Gasteiger partial charge in [0.15, 0.2) is 5.82 Å². The Hall–Kier alpha value is -3.58. The Bertz CT molecular complexity index is 1170. The predicted octanol–water partition coefficient (Wildman–Crippen LogP) is 3.64. The van der Waals surface area contributed by atoms with Crippen LogP contribution in [0.5, 0.6) is 0 Å². The van der Waals surface area contributed by atoms with Crippen LogP contribution in [-0.2, 0) is 4.79 Å². The van der Waals surface area contributed by atoms with E-state index in [1.807, 2.05) is 36.4 Å². The van der Waals surface area contributed by atoms with Crippen molar-refractivity contribution in [2.75, 3.05) is 25.5 Å². The maximum Gasteiger partial charge on any atom is 0.270 e. The van der Waals surface area contributed by atoms with Crippen LogP contribution in [0.1, 0.15) is 30.3 Å². The van der Waals surface area contributed by atoms with Crippen LogP contribution in [0.15, 0.2) is 60.8 Å². The summed E-state index contributed by atoms with van der Waals surface area (Å²) in [4.78, 5) is 36.0. The molecule has 1 aliphatic heterocycles. The lowest BCUT2D eigenvalue weighted by Gasteiger charge is -2.29. The summed E-state index contributed by atoms with van der Waals surface area (Å²) in [6, 6.07) is 13.4. The molecule has 1 saturated heterocycles. The van der Waals surface area contributed by atoms with Crippen LogP contribution >= 0.6 is 0 Å². The molecule has 164 valence electrons. The summed E-state index contributed by atoms with van der Waals surface area (Å²) < 4.78 is 0. The highest BCUT2D eigenvalue weighted by Crippen LogP contribution is 2.28. The molecular weight excluding hydrogens is 402 g/mol. The van der Waals surface area contributed by atoms with Gasteiger partial charge in [0.2, 0.25) is 5.91 Å². The van der Waals surface area contributed by atoms with Gasteiger partial charge in [-0.1, -0.05) is 30.3 Å². The molecule has 7 nitrogen and oxygen atoms in total. The van der Waals surface area contributed by atoms with E-state index in [9.17, 15) is 9.59 Å². The summed E-state index contributed by atoms with van der Waals surface area (Å²) in [5.74, 6) is 0.107. The van der Waals surface area contributed by atoms with Gasteiger partial charge in [0.25, 0.3) is 5.91 Å². The lowest BCUT2D eigenvalue weighted by atomic mass is 10.0. The van der Waals surface area contributed by atoms with Gasteiger partial charge in [-0.15, -0.1) is 0 Å². The molecule has 0 saturated carbocycles. The van der Waals surface area contributed by atoms with Crippen LogP contribution in [0.2, 0.25) is 0 Å². The van der Waals surface area contributed by atoms with E-state index < -0.39 is 0 Å². The number of hydrogen-bond donors (Lipinski definition) is 2. The highest BCUT2D eigenvalue weighted by molar-refractivity contribution is 6.06. The summed E-state index contributed by atoms with van der Waals surface area (Å²) in [6.07, 6.45) is 6.66. The molecule has 0 aliphatic carbocycles. The van der Waals surface area contributed by atoms with E-state index in [0.717, 1.165) is 42.3 Å². The van der Waals surface area contributed by atoms with Gasteiger partial charge in [-0.05, 0) is 69.6 Å². The molecule has 1 aliphatic rings. The molecule has 0 spiro atoms. The highest BCUT2D eigenvalue weighted by Gasteiger charge is 2.20. The maximum absolute atomic E-state index is 12.8. The molecule has 1 aromatic heterocycles. The van der Waals surface area contributed by atoms with Crippen molar-refractivity contribution in [1.29, 1.82) is 0 Å². The number of piperidine rings is 1. The van der Waals surface area contributed by atoms with Crippen LogP contribution in [-0.4, -0.2) is 52.9 Å². The first-order valence-electron chi connectivity index (χ1n) is 10.8. The lowest BCUT2D eigenvalue weighted by Crippen LogP contribution is -2.43. The molecule has 0 atom stereocenters. The van der Waals surface area contributed by atoms with Crippen molar-refractivity contribution < 1.29 is 9.59 Å². The van der Waals surface area contributed by atoms with Gasteiger partial charge >= 0.3 is 0 Å². The quantitative estimate of drug-likeness (QED) is 0.605. The molecule has 2 amide bonds. The molecule has 2 heterocycles. The van der Waals surface area contributed by atoms with Gasteiger partial charge in [-0.25, -0.2) is 9.97 Å². The minimum atomic E-state index is -0.186. The molecule has 0 radical (unpaired) electrons. The molecule has 2 N–H and O–H groups in total. The number of hydrogen-bond acceptors (Lipinski definition) is 5. The van der Waals surface area contributed by atoms with E-state index >= 15 is 0 Å². The second-order valence-corrected chi connectivity index (χ2v) is 8.05. The van der Waals surface area contributed by atoms with Crippen molar-refractivity contribution in [2.24, 2.45) is 0 Å². The van der Waals surface area contributed by atoms with E-state index in [0.29, 0.717) is 17.2 Å². The average Bonchev–Trinajstić information content (AvgIpc) is 2.81. The van der Waals surface area contributed by atoms with Gasteiger partial charge in [-0.2, -0.15) is 0 Å². The molecule has 32 heavy (non-hydrogen) atoms. The first-order valence-corrected chi connectivity index (χ1v) is 10.8. The number of fused-ring (bicyclic) bond motifs is 1. The third-order valence-corrected chi connectivity index (χ3v) is 5.66. The standard InChI is InChI=1S/C25H27N5O2/c1-3-5-23(31)28-21-7-4-6-17-8-9-18(16-20(17)21)24-26-13-10-22(29-24)25(32)27-19-11-14-30(2)15-12-19/h3-10,13,16,19H,11-12,14-15H2,1-2H3,(H,27,32)(H,28,31)/b5-3+. The number of rotatable bonds is 5. The van der Waals surface area contributed by atoms with Gasteiger partial charge in [-0.3, -0.25) is 9.59 Å². The highest BCUT2D eigenvalue weighted by atomic mass is 16.2. The number of carbonyl (C=O) groups is 2. The Morgan fingerprint density at radius 1 is 1.12 bits per heavy atom. The number of carbonyl (C=O) groups excluding carboxylic acids is 2. The van der Waals surface area contributed by atoms with Crippen molar-refractivity contribution in [2.45, 2.75) is 25.8 Å². The SMILES string of the molecule is C/C=C/C(=O)Nc1cccc2ccc(-c3nccc(C(=O)NC4CCN(C)CC4)n3)cc12. The second-order valence-electron chi connectivity index (χ2n) is 8.05. The van der Waals surface area contributed by atoms with E-state index in [4.69, 9.17) is 0 Å². The zero-order chi connectivity index (χ0) is 22.5. The van der Waals surface area contributed by atoms with Crippen LogP contribution in [0, 0.1) is 0 Å². The number of amides is 2. The fraction of sp³-hybridized carbons (Fsp3) is 0.280. The molecule has 4 rings (SSSR count). The third-order valence-electron chi connectivity index (χ3n) is 5.66. The first kappa shape index (κ1) is 21.6. The number of nitrogens with one attached hydrogen (secondary N) is 2. The number of benzene rings is 2. The summed E-state index contributed by atoms with van der Waals surface area (Å²) >= 11 is 0. The number of nitrogens with zero attached hydrogens (tertiary/aromatic N) is 3. The topological polar surface area (TPSA) is 87.2 Å². The summed E-state index contributed by atoms with van der Waals surface area (Å²) in [7, 11) is 2.09. The Balaban J connectivity index is 1.59. The van der Waals surface area contributed by atoms with Gasteiger partial charge in [0, 0.05) is 28.9 Å². The van der Waals surface area contributed by atoms with Crippen molar-refractivity contribution in [3.63, 3.8) is 0 Å². The molecule has 2 aromatic carbocycles. The largest absolute Gasteiger partial charge is 0.348 e. The minimum absolute atomic E-state index is 0.168. The zero-order valence-electron chi connectivity index (χ0n) is 18.3. The van der Waals surface area contributed by atoms with E-state index in [1.165, 1.54) is 6.08 Å². The Kier molecular flexibility index (Phi) is 6.56. The molecule has 7 heteroatoms. The average molecular weight is 430 g/mol. The first-order chi connectivity index (χ1) is 15.5. The number of aromatic nitrogens is 2. The monoisotopic (exact) mass is 429 g/mol. The van der Waals surface area contributed by atoms with Crippen molar-refractivity contribution in [3.05, 3.63) is 66.5 Å². The molecule has 1 fully saturated rings. The zero-order valence-corrected chi connectivity index (χ0v) is 18.3.